The van der Waals surface area contributed by atoms with Gasteiger partial charge in [0.25, 0.3) is 0 Å². The number of hydrogen-bond donors (Lipinski definition) is 0. The highest BCUT2D eigenvalue weighted by molar-refractivity contribution is 6.42. The molecule has 1 aromatic rings. The monoisotopic (exact) mass is 412 g/mol. The third-order valence-corrected chi connectivity index (χ3v) is 6.25. The Kier molecular flexibility index (Phi) is 7.01. The SMILES string of the molecule is COC(=O)[C@@H]1CCC[C@@H](CN2CCCC2)N1C(=O)Cc1ccc(Cl)c(Cl)c1. The molecule has 0 bridgehead atoms. The van der Waals surface area contributed by atoms with Crippen LogP contribution in [0.4, 0.5) is 0 Å². The molecule has 2 saturated heterocycles. The molecule has 0 aliphatic carbocycles. The van der Waals surface area contributed by atoms with Crippen molar-refractivity contribution < 1.29 is 14.3 Å². The molecule has 2 aliphatic heterocycles. The van der Waals surface area contributed by atoms with E-state index < -0.39 is 6.04 Å². The van der Waals surface area contributed by atoms with Crippen LogP contribution in [-0.2, 0) is 20.7 Å². The maximum absolute atomic E-state index is 13.2. The van der Waals surface area contributed by atoms with E-state index in [-0.39, 0.29) is 24.3 Å². The largest absolute Gasteiger partial charge is 0.467 e. The predicted molar refractivity (Wildman–Crippen MR) is 106 cm³/mol. The molecule has 148 valence electrons. The molecular weight excluding hydrogens is 387 g/mol. The lowest BCUT2D eigenvalue weighted by molar-refractivity contribution is -0.157. The van der Waals surface area contributed by atoms with Crippen LogP contribution in [0.25, 0.3) is 0 Å². The van der Waals surface area contributed by atoms with Crippen LogP contribution < -0.4 is 0 Å². The first-order valence-corrected chi connectivity index (χ1v) is 10.3. The van der Waals surface area contributed by atoms with Crippen LogP contribution in [0.5, 0.6) is 0 Å². The number of esters is 1. The standard InChI is InChI=1S/C20H26Cl2N2O3/c1-27-20(26)18-6-4-5-15(13-23-9-2-3-10-23)24(18)19(25)12-14-7-8-16(21)17(22)11-14/h7-8,11,15,18H,2-6,9-10,12-13H2,1H3/t15-,18-/m0/s1. The number of carbonyl (C=O) groups excluding carboxylic acids is 2. The molecule has 2 aliphatic rings. The van der Waals surface area contributed by atoms with Gasteiger partial charge in [0.05, 0.1) is 23.6 Å². The molecule has 0 aromatic heterocycles. The Labute approximate surface area is 170 Å². The van der Waals surface area contributed by atoms with E-state index in [2.05, 4.69) is 4.90 Å². The molecule has 0 N–H and O–H groups in total. The Morgan fingerprint density at radius 2 is 1.85 bits per heavy atom. The van der Waals surface area contributed by atoms with Gasteiger partial charge in [0.15, 0.2) is 0 Å². The van der Waals surface area contributed by atoms with Gasteiger partial charge < -0.3 is 14.5 Å². The molecule has 0 spiro atoms. The summed E-state index contributed by atoms with van der Waals surface area (Å²) >= 11 is 12.1. The van der Waals surface area contributed by atoms with Gasteiger partial charge in [-0.25, -0.2) is 4.79 Å². The fraction of sp³-hybridized carbons (Fsp3) is 0.600. The number of methoxy groups -OCH3 is 1. The Morgan fingerprint density at radius 1 is 1.11 bits per heavy atom. The number of hydrogen-bond acceptors (Lipinski definition) is 4. The highest BCUT2D eigenvalue weighted by Gasteiger charge is 2.39. The molecule has 27 heavy (non-hydrogen) atoms. The first kappa shape index (κ1) is 20.4. The summed E-state index contributed by atoms with van der Waals surface area (Å²) in [5, 5.41) is 0.893. The number of nitrogens with zero attached hydrogens (tertiary/aromatic N) is 2. The normalized spacial score (nSPS) is 23.4. The zero-order valence-electron chi connectivity index (χ0n) is 15.6. The minimum atomic E-state index is -0.508. The zero-order chi connectivity index (χ0) is 19.4. The Balaban J connectivity index is 1.79. The predicted octanol–water partition coefficient (Wildman–Crippen LogP) is 3.55. The van der Waals surface area contributed by atoms with E-state index >= 15 is 0 Å². The number of rotatable bonds is 5. The third-order valence-electron chi connectivity index (χ3n) is 5.51. The van der Waals surface area contributed by atoms with Crippen molar-refractivity contribution in [3.8, 4) is 0 Å². The summed E-state index contributed by atoms with van der Waals surface area (Å²) in [6.07, 6.45) is 5.08. The van der Waals surface area contributed by atoms with E-state index in [0.717, 1.165) is 38.0 Å². The van der Waals surface area contributed by atoms with Crippen LogP contribution in [0.2, 0.25) is 10.0 Å². The van der Waals surface area contributed by atoms with Crippen molar-refractivity contribution in [2.45, 2.75) is 50.6 Å². The van der Waals surface area contributed by atoms with Crippen LogP contribution in [0, 0.1) is 0 Å². The fourth-order valence-corrected chi connectivity index (χ4v) is 4.50. The smallest absolute Gasteiger partial charge is 0.328 e. The number of benzene rings is 1. The topological polar surface area (TPSA) is 49.9 Å². The van der Waals surface area contributed by atoms with Crippen LogP contribution >= 0.6 is 23.2 Å². The van der Waals surface area contributed by atoms with E-state index in [9.17, 15) is 9.59 Å². The average Bonchev–Trinajstić information content (AvgIpc) is 3.17. The van der Waals surface area contributed by atoms with Crippen LogP contribution in [0.15, 0.2) is 18.2 Å². The number of amides is 1. The average molecular weight is 413 g/mol. The van der Waals surface area contributed by atoms with Gasteiger partial charge in [-0.2, -0.15) is 0 Å². The summed E-state index contributed by atoms with van der Waals surface area (Å²) in [5.41, 5.74) is 0.795. The first-order chi connectivity index (χ1) is 13.0. The van der Waals surface area contributed by atoms with Crippen LogP contribution in [-0.4, -0.2) is 60.5 Å². The van der Waals surface area contributed by atoms with Gasteiger partial charge in [-0.3, -0.25) is 4.79 Å². The lowest BCUT2D eigenvalue weighted by Gasteiger charge is -2.42. The Bertz CT molecular complexity index is 692. The molecule has 5 nitrogen and oxygen atoms in total. The molecule has 1 amide bonds. The Morgan fingerprint density at radius 3 is 2.52 bits per heavy atom. The molecule has 0 saturated carbocycles. The van der Waals surface area contributed by atoms with Crippen molar-refractivity contribution in [3.63, 3.8) is 0 Å². The van der Waals surface area contributed by atoms with Crippen LogP contribution in [0.1, 0.15) is 37.7 Å². The lowest BCUT2D eigenvalue weighted by Crippen LogP contribution is -2.57. The summed E-state index contributed by atoms with van der Waals surface area (Å²) in [6.45, 7) is 2.95. The summed E-state index contributed by atoms with van der Waals surface area (Å²) in [5.74, 6) is -0.392. The van der Waals surface area contributed by atoms with Gasteiger partial charge in [0.1, 0.15) is 6.04 Å². The highest BCUT2D eigenvalue weighted by atomic mass is 35.5. The minimum absolute atomic E-state index is 0.0382. The summed E-state index contributed by atoms with van der Waals surface area (Å²) in [4.78, 5) is 29.7. The van der Waals surface area contributed by atoms with Crippen molar-refractivity contribution in [1.82, 2.24) is 9.80 Å². The summed E-state index contributed by atoms with van der Waals surface area (Å²) < 4.78 is 4.99. The molecule has 3 rings (SSSR count). The second-order valence-electron chi connectivity index (χ2n) is 7.36. The van der Waals surface area contributed by atoms with Gasteiger partial charge >= 0.3 is 5.97 Å². The third kappa shape index (κ3) is 4.95. The molecule has 2 fully saturated rings. The van der Waals surface area contributed by atoms with Gasteiger partial charge in [0, 0.05) is 12.6 Å². The quantitative estimate of drug-likeness (QED) is 0.693. The minimum Gasteiger partial charge on any atom is -0.467 e. The number of ether oxygens (including phenoxy) is 1. The van der Waals surface area contributed by atoms with Crippen LogP contribution in [0.3, 0.4) is 0 Å². The van der Waals surface area contributed by atoms with E-state index in [1.54, 1.807) is 23.1 Å². The molecule has 1 aromatic carbocycles. The molecule has 2 heterocycles. The molecule has 7 heteroatoms. The van der Waals surface area contributed by atoms with Crippen molar-refractivity contribution in [2.24, 2.45) is 0 Å². The van der Waals surface area contributed by atoms with Crippen molar-refractivity contribution in [2.75, 3.05) is 26.7 Å². The van der Waals surface area contributed by atoms with Gasteiger partial charge in [-0.15, -0.1) is 0 Å². The molecule has 0 radical (unpaired) electrons. The maximum Gasteiger partial charge on any atom is 0.328 e. The van der Waals surface area contributed by atoms with E-state index in [4.69, 9.17) is 27.9 Å². The lowest BCUT2D eigenvalue weighted by atomic mass is 9.94. The summed E-state index contributed by atoms with van der Waals surface area (Å²) in [6, 6.07) is 4.75. The number of carbonyl (C=O) groups is 2. The number of piperidine rings is 1. The van der Waals surface area contributed by atoms with Gasteiger partial charge in [-0.1, -0.05) is 29.3 Å². The molecule has 0 unspecified atom stereocenters. The molecular formula is C20H26Cl2N2O3. The molecule has 2 atom stereocenters. The zero-order valence-corrected chi connectivity index (χ0v) is 17.1. The van der Waals surface area contributed by atoms with E-state index in [1.807, 2.05) is 0 Å². The van der Waals surface area contributed by atoms with Crippen molar-refractivity contribution in [1.29, 1.82) is 0 Å². The number of likely N-dealkylation sites (tertiary alicyclic amines) is 2. The fourth-order valence-electron chi connectivity index (χ4n) is 4.18. The second-order valence-corrected chi connectivity index (χ2v) is 8.17. The number of halogens is 2. The van der Waals surface area contributed by atoms with Gasteiger partial charge in [-0.05, 0) is 62.9 Å². The first-order valence-electron chi connectivity index (χ1n) is 9.55. The van der Waals surface area contributed by atoms with E-state index in [0.29, 0.717) is 16.5 Å². The second kappa shape index (κ2) is 9.26. The van der Waals surface area contributed by atoms with E-state index in [1.165, 1.54) is 20.0 Å². The Hall–Kier alpha value is -1.30. The van der Waals surface area contributed by atoms with Crippen molar-refractivity contribution in [3.05, 3.63) is 33.8 Å². The van der Waals surface area contributed by atoms with Crippen molar-refractivity contribution >= 4 is 35.1 Å². The maximum atomic E-state index is 13.2. The summed E-state index contributed by atoms with van der Waals surface area (Å²) in [7, 11) is 1.38. The van der Waals surface area contributed by atoms with Gasteiger partial charge in [0.2, 0.25) is 5.91 Å². The highest BCUT2D eigenvalue weighted by Crippen LogP contribution is 2.28.